The van der Waals surface area contributed by atoms with E-state index >= 15 is 0 Å². The Morgan fingerprint density at radius 2 is 1.02 bits per heavy atom. The lowest BCUT2D eigenvalue weighted by atomic mass is 10.0. The molecule has 0 atom stereocenters. The van der Waals surface area contributed by atoms with Crippen LogP contribution in [-0.4, -0.2) is 107 Å². The molecule has 0 amide bonds. The van der Waals surface area contributed by atoms with E-state index in [9.17, 15) is 39.6 Å². The van der Waals surface area contributed by atoms with Gasteiger partial charge in [0, 0.05) is 12.1 Å². The summed E-state index contributed by atoms with van der Waals surface area (Å²) < 4.78 is 28.7. The summed E-state index contributed by atoms with van der Waals surface area (Å²) in [6.45, 7) is -2.28. The molecular weight excluding hydrogens is 634 g/mol. The van der Waals surface area contributed by atoms with Crippen molar-refractivity contribution in [2.75, 3.05) is 47.5 Å². The van der Waals surface area contributed by atoms with Gasteiger partial charge in [0.15, 0.2) is 11.5 Å². The highest BCUT2D eigenvalue weighted by Gasteiger charge is 2.22. The Hall–Kier alpha value is -5.87. The lowest BCUT2D eigenvalue weighted by Gasteiger charge is -2.17. The standard InChI is InChI=1S/C32H33N3O13/c1-44-21-10-26(45-2)32(27(11-21)46-3)18-8-22(24-6-4-19(47-24)12-34(14-28(36)37)15-29(38)39)33-23(9-18)25-7-5-20(48-25)13-35(16-30(40)41)17-31(42)43/h4-11H,12-17H2,1-3H3,(H,36,37)(H,38,39)(H,40,41)(H,42,43). The molecule has 0 aliphatic heterocycles. The van der Waals surface area contributed by atoms with Crippen molar-refractivity contribution in [3.63, 3.8) is 0 Å². The second kappa shape index (κ2) is 15.6. The van der Waals surface area contributed by atoms with Crippen molar-refractivity contribution in [1.29, 1.82) is 0 Å². The van der Waals surface area contributed by atoms with E-state index in [1.807, 2.05) is 0 Å². The first-order valence-electron chi connectivity index (χ1n) is 14.2. The Labute approximate surface area is 273 Å². The number of hydrogen-bond donors (Lipinski definition) is 4. The van der Waals surface area contributed by atoms with Gasteiger partial charge in [-0.2, -0.15) is 0 Å². The van der Waals surface area contributed by atoms with Gasteiger partial charge in [-0.15, -0.1) is 0 Å². The van der Waals surface area contributed by atoms with Crippen molar-refractivity contribution in [3.8, 4) is 51.3 Å². The number of carbonyl (C=O) groups is 4. The molecule has 48 heavy (non-hydrogen) atoms. The van der Waals surface area contributed by atoms with E-state index in [1.54, 1.807) is 48.5 Å². The monoisotopic (exact) mass is 667 g/mol. The van der Waals surface area contributed by atoms with Crippen LogP contribution in [0.15, 0.2) is 57.4 Å². The molecule has 0 unspecified atom stereocenters. The van der Waals surface area contributed by atoms with Crippen LogP contribution in [0.1, 0.15) is 11.5 Å². The Morgan fingerprint density at radius 3 is 1.35 bits per heavy atom. The first kappa shape index (κ1) is 35.0. The number of benzene rings is 1. The molecular formula is C32H33N3O13. The quantitative estimate of drug-likeness (QED) is 0.120. The number of carboxylic acids is 4. The summed E-state index contributed by atoms with van der Waals surface area (Å²) in [6, 6.07) is 13.1. The molecule has 254 valence electrons. The summed E-state index contributed by atoms with van der Waals surface area (Å²) in [5, 5.41) is 36.9. The third-order valence-corrected chi connectivity index (χ3v) is 6.85. The molecule has 0 spiro atoms. The highest BCUT2D eigenvalue weighted by molar-refractivity contribution is 5.83. The van der Waals surface area contributed by atoms with E-state index in [-0.39, 0.29) is 36.1 Å². The summed E-state index contributed by atoms with van der Waals surface area (Å²) in [5.74, 6) is -2.38. The van der Waals surface area contributed by atoms with Crippen LogP contribution < -0.4 is 14.2 Å². The van der Waals surface area contributed by atoms with Crippen molar-refractivity contribution in [3.05, 3.63) is 60.1 Å². The molecule has 1 aromatic carbocycles. The molecule has 16 nitrogen and oxygen atoms in total. The zero-order chi connectivity index (χ0) is 35.0. The third kappa shape index (κ3) is 9.11. The van der Waals surface area contributed by atoms with Crippen molar-refractivity contribution in [1.82, 2.24) is 14.8 Å². The minimum Gasteiger partial charge on any atom is -0.496 e. The van der Waals surface area contributed by atoms with Crippen molar-refractivity contribution < 1.29 is 62.6 Å². The topological polar surface area (TPSA) is 223 Å². The number of rotatable bonds is 18. The number of carboxylic acid groups (broad SMARTS) is 4. The van der Waals surface area contributed by atoms with E-state index in [0.29, 0.717) is 39.8 Å². The highest BCUT2D eigenvalue weighted by Crippen LogP contribution is 2.44. The van der Waals surface area contributed by atoms with Crippen LogP contribution in [0.3, 0.4) is 0 Å². The van der Waals surface area contributed by atoms with Crippen LogP contribution in [0, 0.1) is 0 Å². The maximum absolute atomic E-state index is 11.3. The molecule has 4 rings (SSSR count). The van der Waals surface area contributed by atoms with Gasteiger partial charge in [-0.05, 0) is 42.0 Å². The molecule has 0 saturated carbocycles. The maximum atomic E-state index is 11.3. The average Bonchev–Trinajstić information content (AvgIpc) is 3.68. The van der Waals surface area contributed by atoms with E-state index in [4.69, 9.17) is 28.0 Å². The fourth-order valence-corrected chi connectivity index (χ4v) is 4.96. The molecule has 0 bridgehead atoms. The van der Waals surface area contributed by atoms with Gasteiger partial charge in [-0.3, -0.25) is 29.0 Å². The van der Waals surface area contributed by atoms with Gasteiger partial charge in [0.2, 0.25) is 0 Å². The van der Waals surface area contributed by atoms with Gasteiger partial charge in [-0.1, -0.05) is 0 Å². The minimum atomic E-state index is -1.20. The van der Waals surface area contributed by atoms with Gasteiger partial charge in [0.05, 0.1) is 66.2 Å². The lowest BCUT2D eigenvalue weighted by Crippen LogP contribution is -2.33. The number of pyridine rings is 1. The van der Waals surface area contributed by atoms with Crippen LogP contribution in [0.25, 0.3) is 34.0 Å². The molecule has 0 aliphatic rings. The van der Waals surface area contributed by atoms with Gasteiger partial charge >= 0.3 is 23.9 Å². The Bertz CT molecular complexity index is 1640. The van der Waals surface area contributed by atoms with Crippen LogP contribution in [-0.2, 0) is 32.3 Å². The largest absolute Gasteiger partial charge is 0.496 e. The van der Waals surface area contributed by atoms with Gasteiger partial charge < -0.3 is 43.5 Å². The summed E-state index contributed by atoms with van der Waals surface area (Å²) >= 11 is 0. The molecule has 0 radical (unpaired) electrons. The number of methoxy groups -OCH3 is 3. The molecule has 4 aromatic rings. The number of aliphatic carboxylic acids is 4. The molecule has 4 N–H and O–H groups in total. The minimum absolute atomic E-state index is 0.101. The molecule has 3 heterocycles. The van der Waals surface area contributed by atoms with Crippen molar-refractivity contribution >= 4 is 23.9 Å². The normalized spacial score (nSPS) is 11.1. The average molecular weight is 668 g/mol. The number of nitrogens with zero attached hydrogens (tertiary/aromatic N) is 3. The smallest absolute Gasteiger partial charge is 0.317 e. The Kier molecular flexibility index (Phi) is 11.4. The van der Waals surface area contributed by atoms with Gasteiger partial charge in [0.1, 0.15) is 40.2 Å². The summed E-state index contributed by atoms with van der Waals surface area (Å²) in [4.78, 5) is 52.3. The first-order chi connectivity index (χ1) is 22.9. The zero-order valence-electron chi connectivity index (χ0n) is 26.2. The fraction of sp³-hybridized carbons (Fsp3) is 0.281. The molecule has 0 aliphatic carbocycles. The SMILES string of the molecule is COc1cc(OC)c(-c2cc(-c3ccc(CN(CC(=O)O)CC(=O)O)o3)nc(-c3ccc(CN(CC(=O)O)CC(=O)O)o3)c2)c(OC)c1. The summed E-state index contributed by atoms with van der Waals surface area (Å²) in [5.41, 5.74) is 1.72. The van der Waals surface area contributed by atoms with Gasteiger partial charge in [-0.25, -0.2) is 4.98 Å². The lowest BCUT2D eigenvalue weighted by molar-refractivity contribution is -0.144. The fourth-order valence-electron chi connectivity index (χ4n) is 4.96. The Balaban J connectivity index is 1.80. The number of ether oxygens (including phenoxy) is 3. The van der Waals surface area contributed by atoms with Crippen LogP contribution in [0.2, 0.25) is 0 Å². The maximum Gasteiger partial charge on any atom is 0.317 e. The van der Waals surface area contributed by atoms with Gasteiger partial charge in [0.25, 0.3) is 0 Å². The molecule has 16 heteroatoms. The zero-order valence-corrected chi connectivity index (χ0v) is 26.2. The molecule has 0 fully saturated rings. The van der Waals surface area contributed by atoms with E-state index < -0.39 is 50.1 Å². The second-order valence-corrected chi connectivity index (χ2v) is 10.4. The molecule has 3 aromatic heterocycles. The van der Waals surface area contributed by atoms with Crippen LogP contribution in [0.5, 0.6) is 17.2 Å². The third-order valence-electron chi connectivity index (χ3n) is 6.85. The summed E-state index contributed by atoms with van der Waals surface area (Å²) in [7, 11) is 4.47. The predicted octanol–water partition coefficient (Wildman–Crippen LogP) is 3.24. The number of aromatic nitrogens is 1. The second-order valence-electron chi connectivity index (χ2n) is 10.4. The van der Waals surface area contributed by atoms with E-state index in [0.717, 1.165) is 0 Å². The first-order valence-corrected chi connectivity index (χ1v) is 14.2. The Morgan fingerprint density at radius 1 is 0.625 bits per heavy atom. The predicted molar refractivity (Wildman–Crippen MR) is 166 cm³/mol. The highest BCUT2D eigenvalue weighted by atomic mass is 16.5. The van der Waals surface area contributed by atoms with Crippen LogP contribution >= 0.6 is 0 Å². The van der Waals surface area contributed by atoms with Crippen LogP contribution in [0.4, 0.5) is 0 Å². The summed E-state index contributed by atoms with van der Waals surface area (Å²) in [6.07, 6.45) is 0. The number of hydrogen-bond acceptors (Lipinski definition) is 12. The van der Waals surface area contributed by atoms with Crippen molar-refractivity contribution in [2.45, 2.75) is 13.1 Å². The molecule has 0 saturated heterocycles. The van der Waals surface area contributed by atoms with E-state index in [2.05, 4.69) is 0 Å². The number of furan rings is 2. The van der Waals surface area contributed by atoms with E-state index in [1.165, 1.54) is 31.1 Å². The van der Waals surface area contributed by atoms with Crippen molar-refractivity contribution in [2.24, 2.45) is 0 Å².